The van der Waals surface area contributed by atoms with Crippen molar-refractivity contribution in [2.45, 2.75) is 20.4 Å². The van der Waals surface area contributed by atoms with Crippen molar-refractivity contribution in [2.75, 3.05) is 33.4 Å². The van der Waals surface area contributed by atoms with E-state index in [4.69, 9.17) is 9.47 Å². The highest BCUT2D eigenvalue weighted by Crippen LogP contribution is 2.11. The second-order valence-corrected chi connectivity index (χ2v) is 5.87. The number of hydrogen-bond donors (Lipinski definition) is 3. The van der Waals surface area contributed by atoms with Crippen LogP contribution in [0.5, 0.6) is 5.75 Å². The van der Waals surface area contributed by atoms with Gasteiger partial charge in [0.15, 0.2) is 0 Å². The van der Waals surface area contributed by atoms with Crippen molar-refractivity contribution < 1.29 is 24.0 Å². The van der Waals surface area contributed by atoms with Gasteiger partial charge >= 0.3 is 12.0 Å². The maximum absolute atomic E-state index is 12.1. The topological polar surface area (TPSA) is 81.1 Å². The molecule has 7 heteroatoms. The average molecular weight is 348 g/mol. The van der Waals surface area contributed by atoms with E-state index < -0.39 is 0 Å². The molecule has 136 valence electrons. The van der Waals surface area contributed by atoms with Gasteiger partial charge in [0.2, 0.25) is 0 Å². The molecule has 1 aliphatic heterocycles. The maximum atomic E-state index is 12.1. The zero-order valence-corrected chi connectivity index (χ0v) is 15.0. The Balaban J connectivity index is 2.03. The Labute approximate surface area is 148 Å². The molecule has 2 amide bonds. The first-order valence-electron chi connectivity index (χ1n) is 8.50. The molecule has 1 aromatic rings. The fraction of sp³-hybridized carbons (Fsp3) is 0.444. The summed E-state index contributed by atoms with van der Waals surface area (Å²) in [5, 5.41) is 5.35. The third kappa shape index (κ3) is 5.49. The highest BCUT2D eigenvalue weighted by molar-refractivity contribution is 5.93. The van der Waals surface area contributed by atoms with Crippen LogP contribution < -0.4 is 20.3 Å². The molecule has 25 heavy (non-hydrogen) atoms. The molecule has 0 radical (unpaired) electrons. The van der Waals surface area contributed by atoms with E-state index in [1.165, 1.54) is 0 Å². The smallest absolute Gasteiger partial charge is 0.337 e. The van der Waals surface area contributed by atoms with E-state index in [2.05, 4.69) is 10.6 Å². The van der Waals surface area contributed by atoms with E-state index in [9.17, 15) is 9.59 Å². The summed E-state index contributed by atoms with van der Waals surface area (Å²) >= 11 is 0. The minimum absolute atomic E-state index is 0.191. The average Bonchev–Trinajstić information content (AvgIpc) is 2.57. The van der Waals surface area contributed by atoms with Gasteiger partial charge in [0.05, 0.1) is 38.1 Å². The summed E-state index contributed by atoms with van der Waals surface area (Å²) in [5.74, 6) is 0.459. The lowest BCUT2D eigenvalue weighted by Gasteiger charge is -2.23. The van der Waals surface area contributed by atoms with Crippen LogP contribution in [0.2, 0.25) is 0 Å². The molecule has 1 aromatic carbocycles. The first kappa shape index (κ1) is 18.8. The third-order valence-electron chi connectivity index (χ3n) is 3.80. The van der Waals surface area contributed by atoms with Gasteiger partial charge in [-0.25, -0.2) is 9.59 Å². The van der Waals surface area contributed by atoms with Gasteiger partial charge in [-0.15, -0.1) is 0 Å². The number of carbonyl (C=O) groups excluding carboxylic acids is 2. The highest BCUT2D eigenvalue weighted by Gasteiger charge is 2.25. The van der Waals surface area contributed by atoms with Crippen molar-refractivity contribution in [3.05, 3.63) is 41.1 Å². The van der Waals surface area contributed by atoms with Crippen molar-refractivity contribution in [1.29, 1.82) is 0 Å². The Bertz CT molecular complexity index is 640. The van der Waals surface area contributed by atoms with Crippen molar-refractivity contribution in [2.24, 2.45) is 0 Å². The molecule has 7 nitrogen and oxygen atoms in total. The first-order valence-corrected chi connectivity index (χ1v) is 8.50. The molecule has 1 atom stereocenters. The summed E-state index contributed by atoms with van der Waals surface area (Å²) in [6.07, 6.45) is 0. The van der Waals surface area contributed by atoms with Crippen molar-refractivity contribution in [3.8, 4) is 5.75 Å². The number of urea groups is 1. The third-order valence-corrected chi connectivity index (χ3v) is 3.80. The fourth-order valence-electron chi connectivity index (χ4n) is 2.68. The minimum atomic E-state index is -0.390. The van der Waals surface area contributed by atoms with Crippen LogP contribution >= 0.6 is 0 Å². The molecule has 3 N–H and O–H groups in total. The van der Waals surface area contributed by atoms with E-state index in [0.717, 1.165) is 22.8 Å². The monoisotopic (exact) mass is 348 g/mol. The number of rotatable bonds is 8. The van der Waals surface area contributed by atoms with Gasteiger partial charge in [0.25, 0.3) is 0 Å². The van der Waals surface area contributed by atoms with Crippen molar-refractivity contribution in [1.82, 2.24) is 10.6 Å². The summed E-state index contributed by atoms with van der Waals surface area (Å²) in [4.78, 5) is 24.8. The molecular weight excluding hydrogens is 322 g/mol. The zero-order valence-electron chi connectivity index (χ0n) is 15.0. The van der Waals surface area contributed by atoms with Crippen LogP contribution in [-0.2, 0) is 16.1 Å². The number of benzene rings is 1. The molecule has 1 unspecified atom stereocenters. The number of amides is 2. The number of hydrogen-bond acceptors (Lipinski definition) is 4. The second kappa shape index (κ2) is 9.08. The van der Waals surface area contributed by atoms with Crippen LogP contribution in [0, 0.1) is 0 Å². The summed E-state index contributed by atoms with van der Waals surface area (Å²) in [6.45, 7) is 6.13. The fourth-order valence-corrected chi connectivity index (χ4v) is 2.68. The predicted octanol–water partition coefficient (Wildman–Crippen LogP) is 0.230. The molecule has 1 heterocycles. The van der Waals surface area contributed by atoms with Gasteiger partial charge in [0, 0.05) is 5.56 Å². The maximum Gasteiger partial charge on any atom is 0.337 e. The van der Waals surface area contributed by atoms with Gasteiger partial charge in [0.1, 0.15) is 18.8 Å². The van der Waals surface area contributed by atoms with E-state index in [-0.39, 0.29) is 18.5 Å². The van der Waals surface area contributed by atoms with Crippen molar-refractivity contribution in [3.63, 3.8) is 0 Å². The van der Waals surface area contributed by atoms with Crippen LogP contribution in [-0.4, -0.2) is 45.4 Å². The van der Waals surface area contributed by atoms with E-state index >= 15 is 0 Å². The highest BCUT2D eigenvalue weighted by atomic mass is 16.5. The molecule has 2 rings (SSSR count). The molecule has 0 saturated carbocycles. The van der Waals surface area contributed by atoms with Crippen LogP contribution in [0.15, 0.2) is 35.5 Å². The van der Waals surface area contributed by atoms with Gasteiger partial charge < -0.3 is 25.0 Å². The van der Waals surface area contributed by atoms with Crippen molar-refractivity contribution >= 4 is 12.0 Å². The molecule has 0 aromatic heterocycles. The number of esters is 1. The first-order chi connectivity index (χ1) is 12.0. The quantitative estimate of drug-likeness (QED) is 0.588. The number of quaternary nitrogens is 1. The lowest BCUT2D eigenvalue weighted by molar-refractivity contribution is -0.889. The molecule has 0 saturated heterocycles. The molecular formula is C18H26N3O4+. The van der Waals surface area contributed by atoms with Gasteiger partial charge in [-0.2, -0.15) is 0 Å². The Kier molecular flexibility index (Phi) is 6.82. The lowest BCUT2D eigenvalue weighted by Crippen LogP contribution is -3.08. The number of likely N-dealkylation sites (N-methyl/N-ethyl adjacent to an activating group) is 1. The lowest BCUT2D eigenvalue weighted by atomic mass is 10.1. The van der Waals surface area contributed by atoms with Gasteiger partial charge in [-0.05, 0) is 38.1 Å². The molecule has 0 fully saturated rings. The van der Waals surface area contributed by atoms with Crippen LogP contribution in [0.4, 0.5) is 4.79 Å². The number of carbonyl (C=O) groups is 2. The predicted molar refractivity (Wildman–Crippen MR) is 93.3 cm³/mol. The Hall–Kier alpha value is -2.54. The second-order valence-electron chi connectivity index (χ2n) is 5.87. The summed E-state index contributed by atoms with van der Waals surface area (Å²) in [7, 11) is 2.01. The van der Waals surface area contributed by atoms with Gasteiger partial charge in [-0.1, -0.05) is 0 Å². The van der Waals surface area contributed by atoms with Crippen LogP contribution in [0.25, 0.3) is 0 Å². The minimum Gasteiger partial charge on any atom is -0.494 e. The van der Waals surface area contributed by atoms with Crippen LogP contribution in [0.3, 0.4) is 0 Å². The van der Waals surface area contributed by atoms with E-state index in [1.54, 1.807) is 6.92 Å². The standard InChI is InChI=1S/C18H25N3O4/c1-4-24-14-8-6-13(7-9-14)11-21(3)12-16-15(17(22)25-5-2)10-19-18(23)20-16/h6-9H,4-5,10-12H2,1-3H3,(H2,19,20,23)/p+1. The molecule has 0 bridgehead atoms. The summed E-state index contributed by atoms with van der Waals surface area (Å²) in [5.41, 5.74) is 2.25. The summed E-state index contributed by atoms with van der Waals surface area (Å²) in [6, 6.07) is 7.65. The molecule has 1 aliphatic rings. The largest absolute Gasteiger partial charge is 0.494 e. The molecule has 0 spiro atoms. The molecule has 0 aliphatic carbocycles. The number of nitrogens with one attached hydrogen (secondary N) is 3. The Morgan fingerprint density at radius 2 is 1.88 bits per heavy atom. The normalized spacial score (nSPS) is 15.2. The van der Waals surface area contributed by atoms with Crippen LogP contribution in [0.1, 0.15) is 19.4 Å². The zero-order chi connectivity index (χ0) is 18.2. The Morgan fingerprint density at radius 1 is 1.16 bits per heavy atom. The Morgan fingerprint density at radius 3 is 2.52 bits per heavy atom. The summed E-state index contributed by atoms with van der Waals surface area (Å²) < 4.78 is 10.5. The SMILES string of the molecule is CCOC(=O)C1=C(C[NH+](C)Cc2ccc(OCC)cc2)NC(=O)NC1. The van der Waals surface area contributed by atoms with E-state index in [1.807, 2.05) is 38.2 Å². The number of ether oxygens (including phenoxy) is 2. The van der Waals surface area contributed by atoms with E-state index in [0.29, 0.717) is 31.0 Å². The van der Waals surface area contributed by atoms with Gasteiger partial charge in [-0.3, -0.25) is 0 Å².